The van der Waals surface area contributed by atoms with Gasteiger partial charge >= 0.3 is 0 Å². The monoisotopic (exact) mass is 390 g/mol. The van der Waals surface area contributed by atoms with Crippen LogP contribution in [-0.2, 0) is 7.05 Å². The fourth-order valence-corrected chi connectivity index (χ4v) is 4.32. The first-order chi connectivity index (χ1) is 14.7. The Bertz CT molecular complexity index is 1550. The van der Waals surface area contributed by atoms with Gasteiger partial charge in [-0.15, -0.1) is 0 Å². The molecule has 0 saturated carbocycles. The van der Waals surface area contributed by atoms with E-state index in [4.69, 9.17) is 8.83 Å². The highest BCUT2D eigenvalue weighted by molar-refractivity contribution is 6.15. The lowest BCUT2D eigenvalue weighted by atomic mass is 9.99. The largest absolute Gasteiger partial charge is 0.452 e. The molecule has 0 amide bonds. The quantitative estimate of drug-likeness (QED) is 0.304. The molecule has 0 spiro atoms. The average Bonchev–Trinajstić information content (AvgIpc) is 3.31. The van der Waals surface area contributed by atoms with Crippen molar-refractivity contribution >= 4 is 33.1 Å². The molecule has 0 unspecified atom stereocenters. The molecule has 0 radical (unpaired) electrons. The molecule has 0 atom stereocenters. The molecule has 0 aliphatic carbocycles. The minimum absolute atomic E-state index is 0.814. The van der Waals surface area contributed by atoms with E-state index in [1.807, 2.05) is 30.3 Å². The van der Waals surface area contributed by atoms with E-state index in [0.29, 0.717) is 0 Å². The molecule has 3 heterocycles. The molecule has 0 N–H and O–H groups in total. The highest BCUT2D eigenvalue weighted by Crippen LogP contribution is 2.41. The van der Waals surface area contributed by atoms with Crippen molar-refractivity contribution in [2.45, 2.75) is 6.92 Å². The van der Waals surface area contributed by atoms with E-state index in [2.05, 4.69) is 73.3 Å². The number of nitrogens with zero attached hydrogens (tertiary/aromatic N) is 1. The van der Waals surface area contributed by atoms with Crippen LogP contribution in [0.3, 0.4) is 0 Å². The van der Waals surface area contributed by atoms with Gasteiger partial charge in [0, 0.05) is 12.1 Å². The third-order valence-electron chi connectivity index (χ3n) is 5.88. The molecule has 6 rings (SSSR count). The van der Waals surface area contributed by atoms with E-state index in [-0.39, 0.29) is 0 Å². The van der Waals surface area contributed by atoms with E-state index >= 15 is 0 Å². The zero-order valence-corrected chi connectivity index (χ0v) is 16.8. The van der Waals surface area contributed by atoms with Crippen molar-refractivity contribution < 1.29 is 13.4 Å². The molecular formula is C27H20NO2+. The van der Waals surface area contributed by atoms with Crippen molar-refractivity contribution in [1.82, 2.24) is 0 Å². The van der Waals surface area contributed by atoms with Crippen LogP contribution in [0.4, 0.5) is 0 Å². The average molecular weight is 390 g/mol. The normalized spacial score (nSPS) is 11.7. The van der Waals surface area contributed by atoms with Crippen molar-refractivity contribution in [3.8, 4) is 22.4 Å². The van der Waals surface area contributed by atoms with Gasteiger partial charge in [-0.3, -0.25) is 0 Å². The van der Waals surface area contributed by atoms with Crippen LogP contribution in [0.2, 0.25) is 0 Å². The Labute approximate surface area is 173 Å². The Morgan fingerprint density at radius 1 is 0.667 bits per heavy atom. The summed E-state index contributed by atoms with van der Waals surface area (Å²) < 4.78 is 14.8. The molecule has 0 saturated heterocycles. The number of rotatable bonds is 2. The summed E-state index contributed by atoms with van der Waals surface area (Å²) in [7, 11) is 2.07. The molecule has 0 aliphatic rings. The van der Waals surface area contributed by atoms with Crippen LogP contribution < -0.4 is 4.57 Å². The summed E-state index contributed by atoms with van der Waals surface area (Å²) in [4.78, 5) is 0. The van der Waals surface area contributed by atoms with Gasteiger partial charge in [0.2, 0.25) is 5.69 Å². The van der Waals surface area contributed by atoms with Crippen molar-refractivity contribution in [2.24, 2.45) is 7.05 Å². The van der Waals surface area contributed by atoms with Gasteiger partial charge in [-0.25, -0.2) is 4.57 Å². The molecule has 0 bridgehead atoms. The number of para-hydroxylation sites is 1. The number of aromatic nitrogens is 1. The predicted molar refractivity (Wildman–Crippen MR) is 120 cm³/mol. The second-order valence-electron chi connectivity index (χ2n) is 7.77. The van der Waals surface area contributed by atoms with E-state index in [9.17, 15) is 0 Å². The molecular weight excluding hydrogens is 370 g/mol. The molecule has 144 valence electrons. The van der Waals surface area contributed by atoms with Crippen molar-refractivity contribution in [3.05, 3.63) is 90.6 Å². The van der Waals surface area contributed by atoms with Gasteiger partial charge in [0.25, 0.3) is 0 Å². The van der Waals surface area contributed by atoms with E-state index in [1.165, 1.54) is 16.7 Å². The van der Waals surface area contributed by atoms with Crippen LogP contribution in [-0.4, -0.2) is 0 Å². The van der Waals surface area contributed by atoms with Gasteiger partial charge in [0.05, 0.1) is 16.3 Å². The molecule has 3 nitrogen and oxygen atoms in total. The topological polar surface area (TPSA) is 30.2 Å². The summed E-state index contributed by atoms with van der Waals surface area (Å²) >= 11 is 0. The van der Waals surface area contributed by atoms with Crippen molar-refractivity contribution in [3.63, 3.8) is 0 Å². The zero-order valence-electron chi connectivity index (χ0n) is 16.8. The lowest BCUT2D eigenvalue weighted by Gasteiger charge is -2.08. The summed E-state index contributed by atoms with van der Waals surface area (Å²) in [6, 6.07) is 27.1. The number of pyridine rings is 1. The lowest BCUT2D eigenvalue weighted by molar-refractivity contribution is -0.660. The number of hydrogen-bond donors (Lipinski definition) is 0. The van der Waals surface area contributed by atoms with E-state index in [1.54, 1.807) is 0 Å². The third-order valence-corrected chi connectivity index (χ3v) is 5.88. The summed E-state index contributed by atoms with van der Waals surface area (Å²) in [5.41, 5.74) is 9.11. The van der Waals surface area contributed by atoms with Gasteiger partial charge in [0.15, 0.2) is 22.9 Å². The predicted octanol–water partition coefficient (Wildman–Crippen LogP) is 6.80. The zero-order chi connectivity index (χ0) is 20.2. The molecule has 3 aromatic heterocycles. The number of fused-ring (bicyclic) bond motifs is 5. The molecule has 0 fully saturated rings. The van der Waals surface area contributed by atoms with Gasteiger partial charge in [0.1, 0.15) is 12.6 Å². The van der Waals surface area contributed by atoms with Gasteiger partial charge in [-0.1, -0.05) is 48.5 Å². The second-order valence-corrected chi connectivity index (χ2v) is 7.77. The Kier molecular flexibility index (Phi) is 3.59. The van der Waals surface area contributed by atoms with Crippen LogP contribution in [0.5, 0.6) is 0 Å². The maximum absolute atomic E-state index is 6.47. The third kappa shape index (κ3) is 2.42. The standard InChI is InChI=1S/C27H20NO2/c1-17-12-13-21-25(30-26-20-10-6-7-11-23(20)29-27(21)26)24(17)22-16-19(14-15-28(22)2)18-8-4-3-5-9-18/h3-16H,1-2H3/q+1. The van der Waals surface area contributed by atoms with Gasteiger partial charge in [-0.2, -0.15) is 0 Å². The van der Waals surface area contributed by atoms with Crippen LogP contribution in [0.25, 0.3) is 55.5 Å². The Balaban J connectivity index is 1.66. The Hall–Kier alpha value is -3.85. The SMILES string of the molecule is Cc1ccc2c(oc3c4ccccc4oc23)c1-c1cc(-c2ccccc2)cc[n+]1C. The summed E-state index contributed by atoms with van der Waals surface area (Å²) in [5.74, 6) is 0. The first kappa shape index (κ1) is 17.0. The number of furan rings is 2. The molecule has 3 heteroatoms. The molecule has 30 heavy (non-hydrogen) atoms. The number of aryl methyl sites for hydroxylation is 2. The van der Waals surface area contributed by atoms with E-state index < -0.39 is 0 Å². The summed E-state index contributed by atoms with van der Waals surface area (Å²) in [6.07, 6.45) is 2.11. The van der Waals surface area contributed by atoms with Gasteiger partial charge in [-0.05, 0) is 41.8 Å². The molecule has 6 aromatic rings. The first-order valence-corrected chi connectivity index (χ1v) is 10.1. The minimum Gasteiger partial charge on any atom is -0.452 e. The number of hydrogen-bond acceptors (Lipinski definition) is 2. The highest BCUT2D eigenvalue weighted by Gasteiger charge is 2.23. The van der Waals surface area contributed by atoms with Crippen LogP contribution in [0.1, 0.15) is 5.56 Å². The van der Waals surface area contributed by atoms with Crippen LogP contribution >= 0.6 is 0 Å². The smallest absolute Gasteiger partial charge is 0.216 e. The fourth-order valence-electron chi connectivity index (χ4n) is 4.32. The summed E-state index contributed by atoms with van der Waals surface area (Å²) in [6.45, 7) is 2.13. The van der Waals surface area contributed by atoms with Crippen LogP contribution in [0.15, 0.2) is 93.9 Å². The summed E-state index contributed by atoms with van der Waals surface area (Å²) in [5, 5.41) is 2.02. The van der Waals surface area contributed by atoms with Gasteiger partial charge < -0.3 is 8.83 Å². The number of benzene rings is 3. The second kappa shape index (κ2) is 6.33. The maximum atomic E-state index is 6.47. The lowest BCUT2D eigenvalue weighted by Crippen LogP contribution is -2.30. The minimum atomic E-state index is 0.814. The molecule has 0 aliphatic heterocycles. The van der Waals surface area contributed by atoms with Crippen molar-refractivity contribution in [1.29, 1.82) is 0 Å². The Morgan fingerprint density at radius 2 is 1.43 bits per heavy atom. The van der Waals surface area contributed by atoms with Crippen molar-refractivity contribution in [2.75, 3.05) is 0 Å². The first-order valence-electron chi connectivity index (χ1n) is 10.1. The maximum Gasteiger partial charge on any atom is 0.216 e. The van der Waals surface area contributed by atoms with E-state index in [0.717, 1.165) is 44.4 Å². The van der Waals surface area contributed by atoms with Crippen LogP contribution in [0, 0.1) is 6.92 Å². The Morgan fingerprint density at radius 3 is 2.30 bits per heavy atom. The molecule has 3 aromatic carbocycles. The fraction of sp³-hybridized carbons (Fsp3) is 0.0741. The highest BCUT2D eigenvalue weighted by atomic mass is 16.4.